The molecular weight excluding hydrogens is 360 g/mol. The molecule has 0 fully saturated rings. The van der Waals surface area contributed by atoms with E-state index < -0.39 is 6.10 Å². The number of aromatic nitrogens is 1. The third-order valence-corrected chi connectivity index (χ3v) is 5.74. The molecule has 6 heteroatoms. The molecule has 0 unspecified atom stereocenters. The van der Waals surface area contributed by atoms with E-state index in [1.807, 2.05) is 25.2 Å². The van der Waals surface area contributed by atoms with Gasteiger partial charge in [-0.05, 0) is 57.3 Å². The van der Waals surface area contributed by atoms with Crippen LogP contribution in [0.1, 0.15) is 35.3 Å². The Balaban J connectivity index is 1.53. The second-order valence-corrected chi connectivity index (χ2v) is 7.74. The molecule has 3 rings (SSSR count). The Bertz CT molecular complexity index is 874. The number of likely N-dealkylation sites (N-methyl/N-ethyl adjacent to an activating group) is 1. The number of nitrogens with zero attached hydrogens (tertiary/aromatic N) is 2. The number of para-hydroxylation sites is 1. The number of hydrogen-bond donors (Lipinski definition) is 1. The third-order valence-electron chi connectivity index (χ3n) is 4.53. The van der Waals surface area contributed by atoms with Gasteiger partial charge in [0, 0.05) is 12.1 Å². The fourth-order valence-corrected chi connectivity index (χ4v) is 3.86. The minimum atomic E-state index is -0.626. The topological polar surface area (TPSA) is 62.7 Å². The van der Waals surface area contributed by atoms with E-state index in [-0.39, 0.29) is 18.4 Å². The van der Waals surface area contributed by atoms with Gasteiger partial charge in [-0.2, -0.15) is 0 Å². The lowest BCUT2D eigenvalue weighted by Crippen LogP contribution is -2.34. The summed E-state index contributed by atoms with van der Waals surface area (Å²) in [6, 6.07) is 15.1. The van der Waals surface area contributed by atoms with Crippen LogP contribution in [0.15, 0.2) is 48.5 Å². The number of benzene rings is 2. The van der Waals surface area contributed by atoms with Gasteiger partial charge in [-0.1, -0.05) is 12.1 Å². The number of carbonyl (C=O) groups is 1. The van der Waals surface area contributed by atoms with E-state index in [1.54, 1.807) is 35.6 Å². The summed E-state index contributed by atoms with van der Waals surface area (Å²) in [4.78, 5) is 18.1. The van der Waals surface area contributed by atoms with Gasteiger partial charge < -0.3 is 9.84 Å². The summed E-state index contributed by atoms with van der Waals surface area (Å²) < 4.78 is 6.81. The minimum absolute atomic E-state index is 0.0204. The predicted octanol–water partition coefficient (Wildman–Crippen LogP) is 3.93. The molecule has 0 saturated carbocycles. The lowest BCUT2D eigenvalue weighted by molar-refractivity contribution is 0.0653. The highest BCUT2D eigenvalue weighted by atomic mass is 32.1. The Labute approximate surface area is 163 Å². The number of rotatable bonds is 8. The molecule has 0 aliphatic heterocycles. The Kier molecular flexibility index (Phi) is 6.21. The number of aliphatic hydroxyl groups is 1. The number of fused-ring (bicyclic) bond motifs is 1. The summed E-state index contributed by atoms with van der Waals surface area (Å²) in [6.45, 7) is 4.28. The molecule has 0 radical (unpaired) electrons. The number of hydrogen-bond acceptors (Lipinski definition) is 6. The van der Waals surface area contributed by atoms with Gasteiger partial charge in [0.15, 0.2) is 5.78 Å². The molecule has 0 saturated heterocycles. The zero-order valence-electron chi connectivity index (χ0n) is 15.8. The van der Waals surface area contributed by atoms with Crippen molar-refractivity contribution in [2.45, 2.75) is 26.0 Å². The van der Waals surface area contributed by atoms with Crippen LogP contribution < -0.4 is 4.74 Å². The quantitative estimate of drug-likeness (QED) is 0.596. The number of Topliss-reactive ketones (excluding diaryl/α,β-unsaturated/α-hetero) is 1. The highest BCUT2D eigenvalue weighted by Crippen LogP contribution is 2.28. The van der Waals surface area contributed by atoms with E-state index in [0.717, 1.165) is 10.5 Å². The van der Waals surface area contributed by atoms with Crippen LogP contribution in [0.2, 0.25) is 0 Å². The van der Waals surface area contributed by atoms with Crippen LogP contribution >= 0.6 is 11.3 Å². The van der Waals surface area contributed by atoms with E-state index in [0.29, 0.717) is 17.9 Å². The van der Waals surface area contributed by atoms with Crippen LogP contribution in [-0.2, 0) is 0 Å². The van der Waals surface area contributed by atoms with Crippen LogP contribution in [0.3, 0.4) is 0 Å². The molecule has 0 aliphatic rings. The third kappa shape index (κ3) is 4.91. The second-order valence-electron chi connectivity index (χ2n) is 6.68. The van der Waals surface area contributed by atoms with Gasteiger partial charge in [-0.25, -0.2) is 4.98 Å². The van der Waals surface area contributed by atoms with Gasteiger partial charge in [0.2, 0.25) is 0 Å². The highest BCUT2D eigenvalue weighted by Gasteiger charge is 2.19. The van der Waals surface area contributed by atoms with Crippen molar-refractivity contribution in [2.24, 2.45) is 0 Å². The van der Waals surface area contributed by atoms with Crippen molar-refractivity contribution >= 4 is 27.3 Å². The average molecular weight is 385 g/mol. The van der Waals surface area contributed by atoms with Gasteiger partial charge in [0.25, 0.3) is 0 Å². The largest absolute Gasteiger partial charge is 0.491 e. The molecule has 0 bridgehead atoms. The van der Waals surface area contributed by atoms with Crippen molar-refractivity contribution in [1.82, 2.24) is 9.88 Å². The first-order chi connectivity index (χ1) is 12.9. The van der Waals surface area contributed by atoms with Crippen molar-refractivity contribution in [3.05, 3.63) is 59.1 Å². The number of carbonyl (C=O) groups excluding carboxylic acids is 1. The number of thiazole rings is 1. The summed E-state index contributed by atoms with van der Waals surface area (Å²) in [5.41, 5.74) is 1.66. The normalized spacial score (nSPS) is 13.7. The average Bonchev–Trinajstić information content (AvgIpc) is 3.10. The Morgan fingerprint density at radius 3 is 2.59 bits per heavy atom. The monoisotopic (exact) mass is 384 g/mol. The molecule has 0 spiro atoms. The van der Waals surface area contributed by atoms with Gasteiger partial charge in [0.1, 0.15) is 23.5 Å². The maximum absolute atomic E-state index is 11.3. The molecule has 2 aromatic carbocycles. The Morgan fingerprint density at radius 1 is 1.22 bits per heavy atom. The van der Waals surface area contributed by atoms with Gasteiger partial charge in [0.05, 0.1) is 16.3 Å². The molecule has 0 aliphatic carbocycles. The zero-order valence-corrected chi connectivity index (χ0v) is 16.6. The number of ether oxygens (including phenoxy) is 1. The standard InChI is InChI=1S/C21H24N2O3S/c1-14(21-22-19-6-4-5-7-20(19)27-21)23(3)12-17(25)13-26-18-10-8-16(9-11-18)15(2)24/h4-11,14,17,25H,12-13H2,1-3H3/t14-,17-/m1/s1. The first kappa shape index (κ1) is 19.5. The molecular formula is C21H24N2O3S. The highest BCUT2D eigenvalue weighted by molar-refractivity contribution is 7.18. The van der Waals surface area contributed by atoms with Crippen molar-refractivity contribution in [3.8, 4) is 5.75 Å². The zero-order chi connectivity index (χ0) is 19.4. The van der Waals surface area contributed by atoms with Gasteiger partial charge in [-0.15, -0.1) is 11.3 Å². The first-order valence-corrected chi connectivity index (χ1v) is 9.73. The van der Waals surface area contributed by atoms with Crippen molar-refractivity contribution in [3.63, 3.8) is 0 Å². The lowest BCUT2D eigenvalue weighted by Gasteiger charge is -2.25. The molecule has 0 amide bonds. The molecule has 3 aromatic rings. The molecule has 142 valence electrons. The van der Waals surface area contributed by atoms with Crippen LogP contribution in [0, 0.1) is 0 Å². The fourth-order valence-electron chi connectivity index (χ4n) is 2.78. The molecule has 2 atom stereocenters. The molecule has 5 nitrogen and oxygen atoms in total. The molecule has 1 aromatic heterocycles. The number of aliphatic hydroxyl groups excluding tert-OH is 1. The van der Waals surface area contributed by atoms with Crippen LogP contribution in [0.4, 0.5) is 0 Å². The maximum atomic E-state index is 11.3. The van der Waals surface area contributed by atoms with E-state index in [2.05, 4.69) is 17.9 Å². The van der Waals surface area contributed by atoms with E-state index in [4.69, 9.17) is 9.72 Å². The van der Waals surface area contributed by atoms with Gasteiger partial charge >= 0.3 is 0 Å². The predicted molar refractivity (Wildman–Crippen MR) is 109 cm³/mol. The minimum Gasteiger partial charge on any atom is -0.491 e. The van der Waals surface area contributed by atoms with Crippen LogP contribution in [-0.4, -0.2) is 47.1 Å². The summed E-state index contributed by atoms with van der Waals surface area (Å²) in [6.07, 6.45) is -0.626. The lowest BCUT2D eigenvalue weighted by atomic mass is 10.1. The van der Waals surface area contributed by atoms with Crippen molar-refractivity contribution < 1.29 is 14.6 Å². The van der Waals surface area contributed by atoms with Crippen LogP contribution in [0.25, 0.3) is 10.2 Å². The summed E-state index contributed by atoms with van der Waals surface area (Å²) in [7, 11) is 1.97. The summed E-state index contributed by atoms with van der Waals surface area (Å²) in [5, 5.41) is 11.4. The van der Waals surface area contributed by atoms with Gasteiger partial charge in [-0.3, -0.25) is 9.69 Å². The second kappa shape index (κ2) is 8.61. The summed E-state index contributed by atoms with van der Waals surface area (Å²) >= 11 is 1.68. The first-order valence-electron chi connectivity index (χ1n) is 8.91. The SMILES string of the molecule is CC(=O)c1ccc(OC[C@H](O)CN(C)[C@H](C)c2nc3ccccc3s2)cc1. The Hall–Kier alpha value is -2.28. The molecule has 1 heterocycles. The van der Waals surface area contributed by atoms with E-state index in [1.165, 1.54) is 11.6 Å². The number of ketones is 1. The molecule has 27 heavy (non-hydrogen) atoms. The smallest absolute Gasteiger partial charge is 0.159 e. The maximum Gasteiger partial charge on any atom is 0.159 e. The van der Waals surface area contributed by atoms with E-state index >= 15 is 0 Å². The van der Waals surface area contributed by atoms with E-state index in [9.17, 15) is 9.90 Å². The van der Waals surface area contributed by atoms with Crippen molar-refractivity contribution in [1.29, 1.82) is 0 Å². The van der Waals surface area contributed by atoms with Crippen LogP contribution in [0.5, 0.6) is 5.75 Å². The van der Waals surface area contributed by atoms with Crippen molar-refractivity contribution in [2.75, 3.05) is 20.2 Å². The Morgan fingerprint density at radius 2 is 1.93 bits per heavy atom. The molecule has 1 N–H and O–H groups in total. The summed E-state index contributed by atoms with van der Waals surface area (Å²) in [5.74, 6) is 0.660. The fraction of sp³-hybridized carbons (Fsp3) is 0.333.